The molecule has 1 fully saturated rings. The number of carbonyl (C=O) groups excluding carboxylic acids is 1. The van der Waals surface area contributed by atoms with E-state index in [0.29, 0.717) is 6.04 Å². The summed E-state index contributed by atoms with van der Waals surface area (Å²) in [6.07, 6.45) is 1.04. The second-order valence-corrected chi connectivity index (χ2v) is 4.29. The van der Waals surface area contributed by atoms with Crippen LogP contribution in [0, 0.1) is 0 Å². The van der Waals surface area contributed by atoms with Gasteiger partial charge in [0.2, 0.25) is 5.91 Å². The number of benzene rings is 1. The van der Waals surface area contributed by atoms with Crippen molar-refractivity contribution in [2.24, 2.45) is 0 Å². The first-order chi connectivity index (χ1) is 7.29. The van der Waals surface area contributed by atoms with Crippen molar-refractivity contribution in [1.29, 1.82) is 0 Å². The molecule has 1 aromatic rings. The molecule has 0 saturated carbocycles. The summed E-state index contributed by atoms with van der Waals surface area (Å²) in [6, 6.07) is 8.57. The minimum atomic E-state index is 0.0416. The minimum Gasteiger partial charge on any atom is -0.370 e. The number of carbonyl (C=O) groups is 1. The number of hydrogen-bond donors (Lipinski definition) is 1. The van der Waals surface area contributed by atoms with Gasteiger partial charge in [0, 0.05) is 25.3 Å². The standard InChI is InChI=1S/C12H14N2O/c1-14-9-5-3-2-4-8(9)11-10(14)6-7-13-12(11)15/h2-5,10-11H,6-7H2,1H3,(H,13,15). The molecule has 0 bridgehead atoms. The second-order valence-electron chi connectivity index (χ2n) is 4.29. The molecular formula is C12H14N2O. The molecule has 1 amide bonds. The van der Waals surface area contributed by atoms with Gasteiger partial charge in [-0.1, -0.05) is 18.2 Å². The predicted octanol–water partition coefficient (Wildman–Crippen LogP) is 1.11. The Kier molecular flexibility index (Phi) is 1.75. The summed E-state index contributed by atoms with van der Waals surface area (Å²) in [4.78, 5) is 14.1. The van der Waals surface area contributed by atoms with Crippen molar-refractivity contribution < 1.29 is 4.79 Å². The van der Waals surface area contributed by atoms with E-state index in [0.717, 1.165) is 13.0 Å². The molecule has 3 nitrogen and oxygen atoms in total. The summed E-state index contributed by atoms with van der Waals surface area (Å²) < 4.78 is 0. The zero-order valence-corrected chi connectivity index (χ0v) is 8.73. The topological polar surface area (TPSA) is 32.3 Å². The van der Waals surface area contributed by atoms with Crippen LogP contribution in [0.2, 0.25) is 0 Å². The Bertz CT molecular complexity index is 416. The molecule has 0 aromatic heterocycles. The van der Waals surface area contributed by atoms with Crippen LogP contribution in [0.3, 0.4) is 0 Å². The van der Waals surface area contributed by atoms with Crippen molar-refractivity contribution >= 4 is 11.6 Å². The lowest BCUT2D eigenvalue weighted by atomic mass is 9.89. The highest BCUT2D eigenvalue weighted by molar-refractivity contribution is 5.90. The molecule has 2 aliphatic heterocycles. The highest BCUT2D eigenvalue weighted by atomic mass is 16.2. The maximum atomic E-state index is 11.8. The van der Waals surface area contributed by atoms with Gasteiger partial charge in [0.05, 0.1) is 5.92 Å². The molecule has 1 N–H and O–H groups in total. The quantitative estimate of drug-likeness (QED) is 0.683. The molecule has 0 aliphatic carbocycles. The number of hydrogen-bond acceptors (Lipinski definition) is 2. The number of anilines is 1. The summed E-state index contributed by atoms with van der Waals surface area (Å²) >= 11 is 0. The van der Waals surface area contributed by atoms with Gasteiger partial charge in [0.25, 0.3) is 0 Å². The Morgan fingerprint density at radius 2 is 2.20 bits per heavy atom. The van der Waals surface area contributed by atoms with Gasteiger partial charge in [-0.15, -0.1) is 0 Å². The van der Waals surface area contributed by atoms with E-state index in [1.165, 1.54) is 11.3 Å². The maximum Gasteiger partial charge on any atom is 0.229 e. The molecule has 3 heteroatoms. The number of rotatable bonds is 0. The van der Waals surface area contributed by atoms with Crippen LogP contribution in [-0.2, 0) is 4.79 Å². The van der Waals surface area contributed by atoms with E-state index in [9.17, 15) is 4.79 Å². The van der Waals surface area contributed by atoms with Crippen LogP contribution < -0.4 is 10.2 Å². The fourth-order valence-electron chi connectivity index (χ4n) is 2.81. The van der Waals surface area contributed by atoms with Crippen LogP contribution in [-0.4, -0.2) is 25.5 Å². The van der Waals surface area contributed by atoms with Crippen molar-refractivity contribution in [3.05, 3.63) is 29.8 Å². The molecule has 2 atom stereocenters. The molecule has 1 aromatic carbocycles. The first-order valence-electron chi connectivity index (χ1n) is 5.38. The van der Waals surface area contributed by atoms with Crippen molar-refractivity contribution in [1.82, 2.24) is 5.32 Å². The molecule has 3 rings (SSSR count). The first kappa shape index (κ1) is 8.77. The Morgan fingerprint density at radius 3 is 3.07 bits per heavy atom. The van der Waals surface area contributed by atoms with Crippen LogP contribution >= 0.6 is 0 Å². The van der Waals surface area contributed by atoms with Gasteiger partial charge in [-0.25, -0.2) is 0 Å². The highest BCUT2D eigenvalue weighted by Gasteiger charge is 2.42. The number of amides is 1. The molecule has 78 valence electrons. The average Bonchev–Trinajstić information content (AvgIpc) is 2.55. The number of fused-ring (bicyclic) bond motifs is 3. The van der Waals surface area contributed by atoms with E-state index in [1.54, 1.807) is 0 Å². The van der Waals surface area contributed by atoms with E-state index in [1.807, 2.05) is 12.1 Å². The molecule has 1 saturated heterocycles. The summed E-state index contributed by atoms with van der Waals surface area (Å²) in [5.74, 6) is 0.225. The Morgan fingerprint density at radius 1 is 1.40 bits per heavy atom. The van der Waals surface area contributed by atoms with Crippen molar-refractivity contribution in [3.63, 3.8) is 0 Å². The van der Waals surface area contributed by atoms with Gasteiger partial charge in [-0.05, 0) is 18.1 Å². The van der Waals surface area contributed by atoms with Crippen LogP contribution in [0.15, 0.2) is 24.3 Å². The normalized spacial score (nSPS) is 28.3. The summed E-state index contributed by atoms with van der Waals surface area (Å²) in [7, 11) is 2.09. The van der Waals surface area contributed by atoms with Crippen molar-refractivity contribution in [2.75, 3.05) is 18.5 Å². The maximum absolute atomic E-state index is 11.8. The number of para-hydroxylation sites is 1. The fourth-order valence-corrected chi connectivity index (χ4v) is 2.81. The van der Waals surface area contributed by atoms with Crippen LogP contribution in [0.4, 0.5) is 5.69 Å². The third kappa shape index (κ3) is 1.09. The van der Waals surface area contributed by atoms with Gasteiger partial charge in [0.1, 0.15) is 0 Å². The summed E-state index contributed by atoms with van der Waals surface area (Å²) in [6.45, 7) is 0.804. The molecule has 2 heterocycles. The van der Waals surface area contributed by atoms with Crippen molar-refractivity contribution in [3.8, 4) is 0 Å². The number of nitrogens with zero attached hydrogens (tertiary/aromatic N) is 1. The van der Waals surface area contributed by atoms with Gasteiger partial charge >= 0.3 is 0 Å². The molecule has 15 heavy (non-hydrogen) atoms. The molecule has 0 radical (unpaired) electrons. The van der Waals surface area contributed by atoms with Crippen LogP contribution in [0.5, 0.6) is 0 Å². The number of nitrogens with one attached hydrogen (secondary N) is 1. The van der Waals surface area contributed by atoms with Gasteiger partial charge < -0.3 is 10.2 Å². The zero-order valence-electron chi connectivity index (χ0n) is 8.73. The van der Waals surface area contributed by atoms with Crippen molar-refractivity contribution in [2.45, 2.75) is 18.4 Å². The predicted molar refractivity (Wildman–Crippen MR) is 59.0 cm³/mol. The zero-order chi connectivity index (χ0) is 10.4. The number of likely N-dealkylation sites (N-methyl/N-ethyl adjacent to an activating group) is 1. The lowest BCUT2D eigenvalue weighted by molar-refractivity contribution is -0.124. The average molecular weight is 202 g/mol. The molecular weight excluding hydrogens is 188 g/mol. The Hall–Kier alpha value is -1.51. The molecule has 0 spiro atoms. The van der Waals surface area contributed by atoms with E-state index in [2.05, 4.69) is 29.4 Å². The van der Waals surface area contributed by atoms with E-state index in [4.69, 9.17) is 0 Å². The fraction of sp³-hybridized carbons (Fsp3) is 0.417. The van der Waals surface area contributed by atoms with Crippen LogP contribution in [0.25, 0.3) is 0 Å². The molecule has 2 aliphatic rings. The van der Waals surface area contributed by atoms with E-state index < -0.39 is 0 Å². The molecule has 2 unspecified atom stereocenters. The Labute approximate surface area is 89.1 Å². The van der Waals surface area contributed by atoms with E-state index in [-0.39, 0.29) is 11.8 Å². The largest absolute Gasteiger partial charge is 0.370 e. The van der Waals surface area contributed by atoms with Gasteiger partial charge in [0.15, 0.2) is 0 Å². The lowest BCUT2D eigenvalue weighted by Crippen LogP contribution is -2.46. The SMILES string of the molecule is CN1c2ccccc2C2C(=O)NCCC21. The third-order valence-corrected chi connectivity index (χ3v) is 3.56. The highest BCUT2D eigenvalue weighted by Crippen LogP contribution is 2.42. The summed E-state index contributed by atoms with van der Waals surface area (Å²) in [5.41, 5.74) is 2.40. The smallest absolute Gasteiger partial charge is 0.229 e. The second kappa shape index (κ2) is 2.99. The Balaban J connectivity index is 2.12. The first-order valence-corrected chi connectivity index (χ1v) is 5.38. The summed E-state index contributed by atoms with van der Waals surface area (Å²) in [5, 5.41) is 2.95. The van der Waals surface area contributed by atoms with Crippen LogP contribution in [0.1, 0.15) is 17.9 Å². The van der Waals surface area contributed by atoms with Gasteiger partial charge in [-0.3, -0.25) is 4.79 Å². The number of piperidine rings is 1. The third-order valence-electron chi connectivity index (χ3n) is 3.56. The monoisotopic (exact) mass is 202 g/mol. The van der Waals surface area contributed by atoms with E-state index >= 15 is 0 Å². The lowest BCUT2D eigenvalue weighted by Gasteiger charge is -2.30. The minimum absolute atomic E-state index is 0.0416. The van der Waals surface area contributed by atoms with Gasteiger partial charge in [-0.2, -0.15) is 0 Å².